The molecule has 42 heavy (non-hydrogen) atoms. The number of piperazine rings is 1. The van der Waals surface area contributed by atoms with Crippen molar-refractivity contribution in [3.8, 4) is 11.5 Å². The lowest BCUT2D eigenvalue weighted by atomic mass is 10.1. The van der Waals surface area contributed by atoms with Gasteiger partial charge in [-0.25, -0.2) is 14.4 Å². The molecule has 0 saturated carbocycles. The van der Waals surface area contributed by atoms with Gasteiger partial charge in [0.1, 0.15) is 41.8 Å². The van der Waals surface area contributed by atoms with E-state index >= 15 is 0 Å². The summed E-state index contributed by atoms with van der Waals surface area (Å²) in [6.07, 6.45) is 6.06. The highest BCUT2D eigenvalue weighted by atomic mass is 35.5. The molecule has 2 unspecified atom stereocenters. The molecule has 226 valence electrons. The number of fused-ring (bicyclic) bond motifs is 1. The molecule has 11 heteroatoms. The van der Waals surface area contributed by atoms with E-state index in [-0.39, 0.29) is 17.4 Å². The molecule has 0 bridgehead atoms. The van der Waals surface area contributed by atoms with Crippen LogP contribution in [0.2, 0.25) is 5.02 Å². The summed E-state index contributed by atoms with van der Waals surface area (Å²) in [5.41, 5.74) is 1.33. The quantitative estimate of drug-likeness (QED) is 0.359. The summed E-state index contributed by atoms with van der Waals surface area (Å²) in [5, 5.41) is 4.08. The number of benzene rings is 2. The first kappa shape index (κ1) is 29.3. The normalized spacial score (nSPS) is 22.0. The van der Waals surface area contributed by atoms with Crippen LogP contribution in [-0.4, -0.2) is 103 Å². The van der Waals surface area contributed by atoms with Gasteiger partial charge in [0.15, 0.2) is 0 Å². The summed E-state index contributed by atoms with van der Waals surface area (Å²) < 4.78 is 32.8. The van der Waals surface area contributed by atoms with Crippen LogP contribution in [0.25, 0.3) is 10.9 Å². The van der Waals surface area contributed by atoms with E-state index in [9.17, 15) is 4.39 Å². The lowest BCUT2D eigenvalue weighted by molar-refractivity contribution is -0.00909. The van der Waals surface area contributed by atoms with E-state index in [1.807, 2.05) is 12.1 Å². The van der Waals surface area contributed by atoms with Crippen LogP contribution in [0, 0.1) is 5.82 Å². The smallest absolute Gasteiger partial charge is 0.149 e. The van der Waals surface area contributed by atoms with Gasteiger partial charge in [-0.05, 0) is 57.9 Å². The van der Waals surface area contributed by atoms with Crippen molar-refractivity contribution < 1.29 is 18.6 Å². The van der Waals surface area contributed by atoms with Crippen LogP contribution in [0.15, 0.2) is 36.7 Å². The number of likely N-dealkylation sites (tertiary alicyclic amines) is 1. The average molecular weight is 599 g/mol. The second-order valence-electron chi connectivity index (χ2n) is 11.6. The van der Waals surface area contributed by atoms with Crippen molar-refractivity contribution in [3.63, 3.8) is 0 Å². The number of hydrogen-bond donors (Lipinski definition) is 1. The fourth-order valence-corrected chi connectivity index (χ4v) is 6.22. The second kappa shape index (κ2) is 13.3. The topological polar surface area (TPSA) is 75.2 Å². The second-order valence-corrected chi connectivity index (χ2v) is 12.0. The van der Waals surface area contributed by atoms with E-state index in [0.29, 0.717) is 34.6 Å². The van der Waals surface area contributed by atoms with E-state index in [1.54, 1.807) is 12.1 Å². The molecule has 1 N–H and O–H groups in total. The van der Waals surface area contributed by atoms with E-state index in [2.05, 4.69) is 44.0 Å². The van der Waals surface area contributed by atoms with E-state index in [1.165, 1.54) is 25.2 Å². The van der Waals surface area contributed by atoms with Crippen LogP contribution in [0.5, 0.6) is 11.5 Å². The fraction of sp³-hybridized carbons (Fsp3) is 0.548. The number of piperidine rings is 1. The van der Waals surface area contributed by atoms with E-state index < -0.39 is 5.82 Å². The Bertz CT molecular complexity index is 1360. The maximum atomic E-state index is 13.8. The van der Waals surface area contributed by atoms with Crippen LogP contribution in [0.3, 0.4) is 0 Å². The van der Waals surface area contributed by atoms with Crippen molar-refractivity contribution >= 4 is 34.0 Å². The summed E-state index contributed by atoms with van der Waals surface area (Å²) in [7, 11) is 2.13. The molecule has 4 heterocycles. The number of halogens is 2. The van der Waals surface area contributed by atoms with Gasteiger partial charge in [0, 0.05) is 70.2 Å². The number of hydrogen-bond acceptors (Lipinski definition) is 9. The van der Waals surface area contributed by atoms with Crippen LogP contribution < -0.4 is 14.8 Å². The number of aromatic nitrogens is 2. The summed E-state index contributed by atoms with van der Waals surface area (Å²) >= 11 is 6.04. The third-order valence-electron chi connectivity index (χ3n) is 8.53. The fourth-order valence-electron chi connectivity index (χ4n) is 6.04. The highest BCUT2D eigenvalue weighted by Gasteiger charge is 2.27. The van der Waals surface area contributed by atoms with Crippen LogP contribution in [0.4, 0.5) is 15.9 Å². The zero-order valence-electron chi connectivity index (χ0n) is 24.4. The summed E-state index contributed by atoms with van der Waals surface area (Å²) in [4.78, 5) is 16.3. The Kier molecular flexibility index (Phi) is 9.26. The predicted molar refractivity (Wildman–Crippen MR) is 162 cm³/mol. The van der Waals surface area contributed by atoms with Crippen LogP contribution in [0.1, 0.15) is 32.6 Å². The maximum absolute atomic E-state index is 13.8. The lowest BCUT2D eigenvalue weighted by Gasteiger charge is -2.38. The van der Waals surface area contributed by atoms with Gasteiger partial charge in [0.05, 0.1) is 22.0 Å². The first-order valence-electron chi connectivity index (χ1n) is 15.0. The molecule has 3 fully saturated rings. The third kappa shape index (κ3) is 7.06. The van der Waals surface area contributed by atoms with Crippen molar-refractivity contribution in [3.05, 3.63) is 47.5 Å². The molecule has 3 aliphatic rings. The molecule has 9 nitrogen and oxygen atoms in total. The van der Waals surface area contributed by atoms with Gasteiger partial charge in [0.25, 0.3) is 0 Å². The monoisotopic (exact) mass is 598 g/mol. The van der Waals surface area contributed by atoms with Crippen LogP contribution >= 0.6 is 11.6 Å². The minimum absolute atomic E-state index is 0.0403. The van der Waals surface area contributed by atoms with E-state index in [0.717, 1.165) is 70.6 Å². The molecule has 3 saturated heterocycles. The van der Waals surface area contributed by atoms with Crippen molar-refractivity contribution in [2.75, 3.05) is 64.8 Å². The minimum atomic E-state index is -0.471. The molecule has 0 amide bonds. The standard InChI is InChI=1S/C31H40ClFN6O3/c1-21(39-13-11-38(12-14-39)19-24-4-3-15-40-24)41-25-17-28-30(29(18-25)42-23-7-9-37(2)10-8-23)31(35-20-34-28)36-22-5-6-27(33)26(32)16-22/h5-6,16-18,20-21,23-24H,3-4,7-15,19H2,1-2H3,(H,34,35,36). The molecular formula is C31H40ClFN6O3. The SMILES string of the molecule is CC(Oc1cc(OC2CCN(C)CC2)c2c(Nc3ccc(F)c(Cl)c3)ncnc2c1)N1CCN(CC2CCCO2)CC1. The van der Waals surface area contributed by atoms with Gasteiger partial charge >= 0.3 is 0 Å². The molecule has 6 rings (SSSR count). The van der Waals surface area contributed by atoms with E-state index in [4.69, 9.17) is 25.8 Å². The zero-order chi connectivity index (χ0) is 29.1. The van der Waals surface area contributed by atoms with Gasteiger partial charge in [-0.2, -0.15) is 0 Å². The number of anilines is 2. The zero-order valence-corrected chi connectivity index (χ0v) is 25.2. The highest BCUT2D eigenvalue weighted by molar-refractivity contribution is 6.31. The Morgan fingerprint density at radius 2 is 1.88 bits per heavy atom. The number of rotatable bonds is 9. The third-order valence-corrected chi connectivity index (χ3v) is 8.82. The molecule has 2 atom stereocenters. The van der Waals surface area contributed by atoms with Gasteiger partial charge in [-0.15, -0.1) is 0 Å². The van der Waals surface area contributed by atoms with Crippen LogP contribution in [-0.2, 0) is 4.74 Å². The summed E-state index contributed by atoms with van der Waals surface area (Å²) in [6.45, 7) is 9.86. The summed E-state index contributed by atoms with van der Waals surface area (Å²) in [5.74, 6) is 1.46. The Morgan fingerprint density at radius 1 is 1.07 bits per heavy atom. The minimum Gasteiger partial charge on any atom is -0.489 e. The molecule has 0 spiro atoms. The Labute approximate surface area is 251 Å². The van der Waals surface area contributed by atoms with Crippen molar-refractivity contribution in [2.24, 2.45) is 0 Å². The predicted octanol–water partition coefficient (Wildman–Crippen LogP) is 5.16. The van der Waals surface area contributed by atoms with Crippen molar-refractivity contribution in [1.29, 1.82) is 0 Å². The lowest BCUT2D eigenvalue weighted by Crippen LogP contribution is -2.52. The first-order valence-corrected chi connectivity index (χ1v) is 15.4. The highest BCUT2D eigenvalue weighted by Crippen LogP contribution is 2.37. The number of nitrogens with one attached hydrogen (secondary N) is 1. The Morgan fingerprint density at radius 3 is 2.62 bits per heavy atom. The molecule has 1 aromatic heterocycles. The molecule has 0 radical (unpaired) electrons. The molecule has 2 aromatic carbocycles. The van der Waals surface area contributed by atoms with Gasteiger partial charge in [0.2, 0.25) is 0 Å². The molecule has 3 aromatic rings. The van der Waals surface area contributed by atoms with Crippen molar-refractivity contribution in [1.82, 2.24) is 24.7 Å². The maximum Gasteiger partial charge on any atom is 0.149 e. The summed E-state index contributed by atoms with van der Waals surface area (Å²) in [6, 6.07) is 8.40. The molecular weight excluding hydrogens is 559 g/mol. The Balaban J connectivity index is 1.21. The first-order chi connectivity index (χ1) is 20.4. The molecule has 3 aliphatic heterocycles. The molecule has 0 aliphatic carbocycles. The van der Waals surface area contributed by atoms with Gasteiger partial charge < -0.3 is 24.4 Å². The average Bonchev–Trinajstić information content (AvgIpc) is 3.50. The number of ether oxygens (including phenoxy) is 3. The van der Waals surface area contributed by atoms with Gasteiger partial charge in [-0.3, -0.25) is 9.80 Å². The Hall–Kier alpha value is -2.76. The number of nitrogens with zero attached hydrogens (tertiary/aromatic N) is 5. The largest absolute Gasteiger partial charge is 0.489 e. The van der Waals surface area contributed by atoms with Crippen molar-refractivity contribution in [2.45, 2.75) is 51.0 Å². The van der Waals surface area contributed by atoms with Gasteiger partial charge in [-0.1, -0.05) is 11.6 Å².